The van der Waals surface area contributed by atoms with Gasteiger partial charge in [0.1, 0.15) is 6.04 Å². The molecule has 0 fully saturated rings. The minimum absolute atomic E-state index is 0.408. The zero-order valence-corrected chi connectivity index (χ0v) is 8.91. The van der Waals surface area contributed by atoms with E-state index in [1.165, 1.54) is 0 Å². The van der Waals surface area contributed by atoms with Crippen LogP contribution in [0.5, 0.6) is 0 Å². The van der Waals surface area contributed by atoms with Crippen molar-refractivity contribution < 1.29 is 33.0 Å². The lowest BCUT2D eigenvalue weighted by Gasteiger charge is -2.27. The van der Waals surface area contributed by atoms with Crippen LogP contribution in [0.2, 0.25) is 0 Å². The van der Waals surface area contributed by atoms with Crippen LogP contribution in [0.15, 0.2) is 0 Å². The fourth-order valence-corrected chi connectivity index (χ4v) is 0.823. The molecule has 5 N–H and O–H groups in total. The summed E-state index contributed by atoms with van der Waals surface area (Å²) in [6.07, 6.45) is -5.41. The Balaban J connectivity index is 4.78. The van der Waals surface area contributed by atoms with Gasteiger partial charge >= 0.3 is 12.1 Å². The first-order chi connectivity index (χ1) is 7.54. The molecule has 0 saturated carbocycles. The number of alkyl halides is 3. The van der Waals surface area contributed by atoms with Crippen molar-refractivity contribution in [2.75, 3.05) is 6.61 Å². The highest BCUT2D eigenvalue weighted by Gasteiger charge is 2.54. The number of carbonyl (C=O) groups excluding carboxylic acids is 1. The normalized spacial score (nSPS) is 17.1. The topological polar surface area (TPSA) is 113 Å². The molecule has 0 radical (unpaired) electrons. The summed E-state index contributed by atoms with van der Waals surface area (Å²) in [5, 5.41) is 18.7. The third-order valence-electron chi connectivity index (χ3n) is 2.08. The van der Waals surface area contributed by atoms with Gasteiger partial charge in [0.05, 0.1) is 0 Å². The van der Waals surface area contributed by atoms with E-state index < -0.39 is 42.7 Å². The van der Waals surface area contributed by atoms with Crippen LogP contribution in [0, 0.1) is 0 Å². The highest BCUT2D eigenvalue weighted by molar-refractivity contribution is 5.90. The third kappa shape index (κ3) is 3.86. The van der Waals surface area contributed by atoms with Crippen molar-refractivity contribution >= 4 is 11.9 Å². The van der Waals surface area contributed by atoms with E-state index in [4.69, 9.17) is 15.9 Å². The van der Waals surface area contributed by atoms with Crippen molar-refractivity contribution in [1.82, 2.24) is 5.32 Å². The van der Waals surface area contributed by atoms with Gasteiger partial charge in [0.25, 0.3) is 0 Å². The summed E-state index contributed by atoms with van der Waals surface area (Å²) in [6.45, 7) is -0.162. The molecule has 17 heavy (non-hydrogen) atoms. The van der Waals surface area contributed by atoms with Gasteiger partial charge in [-0.2, -0.15) is 13.2 Å². The Hall–Kier alpha value is -1.35. The van der Waals surface area contributed by atoms with Gasteiger partial charge in [0, 0.05) is 13.0 Å². The molecule has 0 aromatic rings. The van der Waals surface area contributed by atoms with E-state index in [1.54, 1.807) is 5.32 Å². The van der Waals surface area contributed by atoms with Crippen LogP contribution in [0.4, 0.5) is 13.2 Å². The molecule has 2 unspecified atom stereocenters. The summed E-state index contributed by atoms with van der Waals surface area (Å²) in [5.41, 5.74) is 1.61. The number of aliphatic carboxylic acids is 1. The second-order valence-electron chi connectivity index (χ2n) is 3.58. The second-order valence-corrected chi connectivity index (χ2v) is 3.58. The summed E-state index contributed by atoms with van der Waals surface area (Å²) in [5.74, 6) is -3.21. The molecule has 0 aliphatic rings. The van der Waals surface area contributed by atoms with Crippen molar-refractivity contribution in [1.29, 1.82) is 0 Å². The largest absolute Gasteiger partial charge is 0.480 e. The highest BCUT2D eigenvalue weighted by Crippen LogP contribution is 2.28. The van der Waals surface area contributed by atoms with E-state index >= 15 is 0 Å². The number of nitrogens with one attached hydrogen (secondary N) is 1. The number of carbonyl (C=O) groups is 2. The number of aliphatic hydroxyl groups excluding tert-OH is 1. The van der Waals surface area contributed by atoms with Gasteiger partial charge in [-0.05, 0) is 6.92 Å². The maximum atomic E-state index is 12.3. The number of hydrogen-bond acceptors (Lipinski definition) is 4. The summed E-state index contributed by atoms with van der Waals surface area (Å²) in [7, 11) is 0. The zero-order chi connectivity index (χ0) is 13.9. The van der Waals surface area contributed by atoms with Crippen molar-refractivity contribution in [2.45, 2.75) is 31.1 Å². The SMILES string of the molecule is CC(N)(C(=O)NC(CCO)C(=O)O)C(F)(F)F. The number of amides is 1. The summed E-state index contributed by atoms with van der Waals surface area (Å²) in [6, 6.07) is -1.61. The quantitative estimate of drug-likeness (QED) is 0.516. The molecule has 0 spiro atoms. The maximum Gasteiger partial charge on any atom is 0.415 e. The average molecular weight is 258 g/mol. The Labute approximate surface area is 94.6 Å². The Bertz CT molecular complexity index is 304. The number of nitrogens with two attached hydrogens (primary N) is 1. The van der Waals surface area contributed by atoms with E-state index in [0.29, 0.717) is 6.92 Å². The Morgan fingerprint density at radius 1 is 1.41 bits per heavy atom. The molecule has 100 valence electrons. The van der Waals surface area contributed by atoms with Crippen molar-refractivity contribution in [3.63, 3.8) is 0 Å². The van der Waals surface area contributed by atoms with Gasteiger partial charge in [-0.25, -0.2) is 4.79 Å². The lowest BCUT2D eigenvalue weighted by Crippen LogP contribution is -2.63. The van der Waals surface area contributed by atoms with Crippen molar-refractivity contribution in [3.05, 3.63) is 0 Å². The maximum absolute atomic E-state index is 12.3. The lowest BCUT2D eigenvalue weighted by molar-refractivity contribution is -0.188. The third-order valence-corrected chi connectivity index (χ3v) is 2.08. The van der Waals surface area contributed by atoms with E-state index in [-0.39, 0.29) is 0 Å². The van der Waals surface area contributed by atoms with Gasteiger partial charge < -0.3 is 21.3 Å². The van der Waals surface area contributed by atoms with Crippen LogP contribution in [-0.4, -0.2) is 46.5 Å². The molecule has 0 aliphatic heterocycles. The van der Waals surface area contributed by atoms with Gasteiger partial charge in [-0.3, -0.25) is 4.79 Å². The summed E-state index contributed by atoms with van der Waals surface area (Å²) < 4.78 is 37.0. The van der Waals surface area contributed by atoms with Crippen LogP contribution in [0.1, 0.15) is 13.3 Å². The van der Waals surface area contributed by atoms with E-state index in [0.717, 1.165) is 0 Å². The van der Waals surface area contributed by atoms with Crippen molar-refractivity contribution in [2.24, 2.45) is 5.73 Å². The molecule has 0 heterocycles. The van der Waals surface area contributed by atoms with Crippen molar-refractivity contribution in [3.8, 4) is 0 Å². The fraction of sp³-hybridized carbons (Fsp3) is 0.750. The lowest BCUT2D eigenvalue weighted by atomic mass is 10.0. The molecule has 0 rings (SSSR count). The van der Waals surface area contributed by atoms with Crippen LogP contribution < -0.4 is 11.1 Å². The first-order valence-corrected chi connectivity index (χ1v) is 4.54. The van der Waals surface area contributed by atoms with E-state index in [1.807, 2.05) is 0 Å². The molecular weight excluding hydrogens is 245 g/mol. The number of carboxylic acids is 1. The first kappa shape index (κ1) is 15.7. The molecule has 1 amide bonds. The molecule has 0 saturated heterocycles. The molecule has 2 atom stereocenters. The van der Waals surface area contributed by atoms with Crippen LogP contribution in [-0.2, 0) is 9.59 Å². The minimum Gasteiger partial charge on any atom is -0.480 e. The monoisotopic (exact) mass is 258 g/mol. The van der Waals surface area contributed by atoms with Crippen LogP contribution in [0.3, 0.4) is 0 Å². The summed E-state index contributed by atoms with van der Waals surface area (Å²) >= 11 is 0. The van der Waals surface area contributed by atoms with Crippen LogP contribution in [0.25, 0.3) is 0 Å². The number of carboxylic acid groups (broad SMARTS) is 1. The van der Waals surface area contributed by atoms with Gasteiger partial charge in [-0.1, -0.05) is 0 Å². The predicted octanol–water partition coefficient (Wildman–Crippen LogP) is -0.782. The van der Waals surface area contributed by atoms with E-state index in [9.17, 15) is 22.8 Å². The Morgan fingerprint density at radius 3 is 2.18 bits per heavy atom. The molecule has 0 bridgehead atoms. The zero-order valence-electron chi connectivity index (χ0n) is 8.91. The summed E-state index contributed by atoms with van der Waals surface area (Å²) in [4.78, 5) is 21.8. The number of aliphatic hydroxyl groups is 1. The highest BCUT2D eigenvalue weighted by atomic mass is 19.4. The number of hydrogen-bond donors (Lipinski definition) is 4. The number of halogens is 3. The van der Waals surface area contributed by atoms with Gasteiger partial charge in [0.2, 0.25) is 5.91 Å². The Morgan fingerprint density at radius 2 is 1.88 bits per heavy atom. The van der Waals surface area contributed by atoms with Crippen LogP contribution >= 0.6 is 0 Å². The number of rotatable bonds is 5. The molecule has 6 nitrogen and oxygen atoms in total. The standard InChI is InChI=1S/C8H13F3N2O4/c1-7(12,8(9,10)11)6(17)13-4(2-3-14)5(15)16/h4,14H,2-3,12H2,1H3,(H,13,17)(H,15,16). The smallest absolute Gasteiger partial charge is 0.415 e. The Kier molecular flexibility index (Phi) is 4.90. The predicted molar refractivity (Wildman–Crippen MR) is 49.9 cm³/mol. The molecule has 0 aliphatic carbocycles. The van der Waals surface area contributed by atoms with Gasteiger partial charge in [0.15, 0.2) is 5.54 Å². The molecule has 9 heteroatoms. The average Bonchev–Trinajstić information content (AvgIpc) is 2.14. The fourth-order valence-electron chi connectivity index (χ4n) is 0.823. The van der Waals surface area contributed by atoms with E-state index in [2.05, 4.69) is 0 Å². The molecule has 0 aromatic heterocycles. The molecular formula is C8H13F3N2O4. The minimum atomic E-state index is -5.00. The second kappa shape index (κ2) is 5.32. The first-order valence-electron chi connectivity index (χ1n) is 4.54. The van der Waals surface area contributed by atoms with Gasteiger partial charge in [-0.15, -0.1) is 0 Å². The molecule has 0 aromatic carbocycles.